The number of rotatable bonds is 6. The van der Waals surface area contributed by atoms with Crippen molar-refractivity contribution in [1.29, 1.82) is 0 Å². The van der Waals surface area contributed by atoms with Gasteiger partial charge in [0.2, 0.25) is 0 Å². The number of nitrogens with zero attached hydrogens (tertiary/aromatic N) is 1. The minimum atomic E-state index is -0.141. The molecule has 0 atom stereocenters. The van der Waals surface area contributed by atoms with Gasteiger partial charge in [-0.1, -0.05) is 24.3 Å². The van der Waals surface area contributed by atoms with Crippen molar-refractivity contribution in [3.63, 3.8) is 0 Å². The molecular weight excluding hydrogens is 350 g/mol. The standard InChI is InChI=1S/C23H21N3O2/c1-28-19-13-9-17(10-14-19)23(27)24-18-11-6-16(7-12-18)8-15-22-25-20-4-2-3-5-21(20)26-22/h2-7,9-14H,8,15H2,1H3,(H,24,27)(H,25,26). The van der Waals surface area contributed by atoms with Gasteiger partial charge in [0, 0.05) is 17.7 Å². The van der Waals surface area contributed by atoms with Crippen LogP contribution in [0.3, 0.4) is 0 Å². The Hall–Kier alpha value is -3.60. The predicted octanol–water partition coefficient (Wildman–Crippen LogP) is 4.61. The van der Waals surface area contributed by atoms with Gasteiger partial charge >= 0.3 is 0 Å². The molecule has 0 radical (unpaired) electrons. The number of aromatic nitrogens is 2. The summed E-state index contributed by atoms with van der Waals surface area (Å²) < 4.78 is 5.11. The molecule has 2 N–H and O–H groups in total. The van der Waals surface area contributed by atoms with Crippen molar-refractivity contribution < 1.29 is 9.53 Å². The Morgan fingerprint density at radius 2 is 1.71 bits per heavy atom. The highest BCUT2D eigenvalue weighted by molar-refractivity contribution is 6.04. The molecule has 1 aromatic heterocycles. The lowest BCUT2D eigenvalue weighted by Crippen LogP contribution is -2.11. The largest absolute Gasteiger partial charge is 0.497 e. The summed E-state index contributed by atoms with van der Waals surface area (Å²) in [5.41, 5.74) is 4.62. The molecule has 1 amide bonds. The molecular formula is C23H21N3O2. The Morgan fingerprint density at radius 1 is 0.964 bits per heavy atom. The number of imidazole rings is 1. The second-order valence-electron chi connectivity index (χ2n) is 6.58. The quantitative estimate of drug-likeness (QED) is 0.520. The van der Waals surface area contributed by atoms with Gasteiger partial charge < -0.3 is 15.0 Å². The lowest BCUT2D eigenvalue weighted by atomic mass is 10.1. The molecule has 28 heavy (non-hydrogen) atoms. The molecule has 5 nitrogen and oxygen atoms in total. The number of hydrogen-bond donors (Lipinski definition) is 2. The highest BCUT2D eigenvalue weighted by Gasteiger charge is 2.07. The normalized spacial score (nSPS) is 10.8. The molecule has 3 aromatic carbocycles. The molecule has 0 fully saturated rings. The van der Waals surface area contributed by atoms with E-state index in [1.807, 2.05) is 48.5 Å². The Labute approximate surface area is 163 Å². The zero-order valence-corrected chi connectivity index (χ0v) is 15.6. The van der Waals surface area contributed by atoms with Gasteiger partial charge in [-0.2, -0.15) is 0 Å². The number of para-hydroxylation sites is 2. The number of aryl methyl sites for hydroxylation is 2. The summed E-state index contributed by atoms with van der Waals surface area (Å²) in [7, 11) is 1.60. The van der Waals surface area contributed by atoms with E-state index in [1.54, 1.807) is 31.4 Å². The molecule has 140 valence electrons. The fraction of sp³-hybridized carbons (Fsp3) is 0.130. The van der Waals surface area contributed by atoms with E-state index in [0.29, 0.717) is 5.56 Å². The first-order valence-electron chi connectivity index (χ1n) is 9.19. The molecule has 0 aliphatic rings. The van der Waals surface area contributed by atoms with Crippen LogP contribution in [0.5, 0.6) is 5.75 Å². The van der Waals surface area contributed by atoms with Crippen molar-refractivity contribution in [3.8, 4) is 5.75 Å². The minimum absolute atomic E-state index is 0.141. The number of ether oxygens (including phenoxy) is 1. The number of hydrogen-bond acceptors (Lipinski definition) is 3. The Kier molecular flexibility index (Phi) is 5.06. The Balaban J connectivity index is 1.35. The first-order valence-corrected chi connectivity index (χ1v) is 9.19. The van der Waals surface area contributed by atoms with E-state index in [0.717, 1.165) is 41.1 Å². The summed E-state index contributed by atoms with van der Waals surface area (Å²) >= 11 is 0. The van der Waals surface area contributed by atoms with Crippen molar-refractivity contribution >= 4 is 22.6 Å². The second-order valence-corrected chi connectivity index (χ2v) is 6.58. The van der Waals surface area contributed by atoms with Gasteiger partial charge in [0.25, 0.3) is 5.91 Å². The average molecular weight is 371 g/mol. The van der Waals surface area contributed by atoms with E-state index in [1.165, 1.54) is 5.56 Å². The topological polar surface area (TPSA) is 67.0 Å². The molecule has 4 aromatic rings. The van der Waals surface area contributed by atoms with E-state index < -0.39 is 0 Å². The predicted molar refractivity (Wildman–Crippen MR) is 111 cm³/mol. The smallest absolute Gasteiger partial charge is 0.255 e. The van der Waals surface area contributed by atoms with Crippen LogP contribution in [-0.2, 0) is 12.8 Å². The summed E-state index contributed by atoms with van der Waals surface area (Å²) in [6.45, 7) is 0. The molecule has 0 bridgehead atoms. The van der Waals surface area contributed by atoms with Gasteiger partial charge in [0.05, 0.1) is 18.1 Å². The molecule has 0 spiro atoms. The second kappa shape index (κ2) is 7.96. The highest BCUT2D eigenvalue weighted by Crippen LogP contribution is 2.16. The van der Waals surface area contributed by atoms with E-state index in [2.05, 4.69) is 15.3 Å². The molecule has 4 rings (SSSR count). The van der Waals surface area contributed by atoms with Gasteiger partial charge in [-0.3, -0.25) is 4.79 Å². The number of benzene rings is 3. The molecule has 5 heteroatoms. The number of nitrogens with one attached hydrogen (secondary N) is 2. The van der Waals surface area contributed by atoms with Crippen molar-refractivity contribution in [2.45, 2.75) is 12.8 Å². The molecule has 0 aliphatic carbocycles. The monoisotopic (exact) mass is 371 g/mol. The van der Waals surface area contributed by atoms with Crippen LogP contribution in [0.15, 0.2) is 72.8 Å². The third-order valence-corrected chi connectivity index (χ3v) is 4.65. The molecule has 0 saturated heterocycles. The summed E-state index contributed by atoms with van der Waals surface area (Å²) in [4.78, 5) is 20.3. The molecule has 0 saturated carbocycles. The third kappa shape index (κ3) is 4.04. The van der Waals surface area contributed by atoms with Crippen LogP contribution in [0.4, 0.5) is 5.69 Å². The number of methoxy groups -OCH3 is 1. The molecule has 0 unspecified atom stereocenters. The maximum absolute atomic E-state index is 12.3. The van der Waals surface area contributed by atoms with Crippen molar-refractivity contribution in [1.82, 2.24) is 9.97 Å². The average Bonchev–Trinajstić information content (AvgIpc) is 3.16. The highest BCUT2D eigenvalue weighted by atomic mass is 16.5. The van der Waals surface area contributed by atoms with Crippen LogP contribution in [0.2, 0.25) is 0 Å². The van der Waals surface area contributed by atoms with Crippen LogP contribution in [0, 0.1) is 0 Å². The number of amides is 1. The van der Waals surface area contributed by atoms with Gasteiger partial charge in [-0.05, 0) is 60.5 Å². The van der Waals surface area contributed by atoms with E-state index >= 15 is 0 Å². The van der Waals surface area contributed by atoms with Crippen LogP contribution < -0.4 is 10.1 Å². The van der Waals surface area contributed by atoms with Crippen molar-refractivity contribution in [2.24, 2.45) is 0 Å². The number of carbonyl (C=O) groups is 1. The van der Waals surface area contributed by atoms with E-state index in [9.17, 15) is 4.79 Å². The maximum atomic E-state index is 12.3. The lowest BCUT2D eigenvalue weighted by Gasteiger charge is -2.07. The van der Waals surface area contributed by atoms with E-state index in [4.69, 9.17) is 4.74 Å². The number of H-pyrrole nitrogens is 1. The fourth-order valence-corrected chi connectivity index (χ4v) is 3.09. The van der Waals surface area contributed by atoms with Crippen LogP contribution in [0.25, 0.3) is 11.0 Å². The first-order chi connectivity index (χ1) is 13.7. The summed E-state index contributed by atoms with van der Waals surface area (Å²) in [5, 5.41) is 2.92. The molecule has 0 aliphatic heterocycles. The maximum Gasteiger partial charge on any atom is 0.255 e. The lowest BCUT2D eigenvalue weighted by molar-refractivity contribution is 0.102. The first kappa shape index (κ1) is 17.8. The Bertz CT molecular complexity index is 1050. The van der Waals surface area contributed by atoms with Crippen molar-refractivity contribution in [3.05, 3.63) is 89.7 Å². The van der Waals surface area contributed by atoms with Gasteiger partial charge in [0.15, 0.2) is 0 Å². The van der Waals surface area contributed by atoms with Crippen LogP contribution in [-0.4, -0.2) is 23.0 Å². The summed E-state index contributed by atoms with van der Waals surface area (Å²) in [6, 6.07) is 23.0. The van der Waals surface area contributed by atoms with Crippen LogP contribution in [0.1, 0.15) is 21.7 Å². The number of fused-ring (bicyclic) bond motifs is 1. The summed E-state index contributed by atoms with van der Waals surface area (Å²) in [6.07, 6.45) is 1.72. The van der Waals surface area contributed by atoms with Crippen LogP contribution >= 0.6 is 0 Å². The van der Waals surface area contributed by atoms with E-state index in [-0.39, 0.29) is 5.91 Å². The minimum Gasteiger partial charge on any atom is -0.497 e. The third-order valence-electron chi connectivity index (χ3n) is 4.65. The van der Waals surface area contributed by atoms with Crippen molar-refractivity contribution in [2.75, 3.05) is 12.4 Å². The fourth-order valence-electron chi connectivity index (χ4n) is 3.09. The molecule has 1 heterocycles. The number of carbonyl (C=O) groups excluding carboxylic acids is 1. The summed E-state index contributed by atoms with van der Waals surface area (Å²) in [5.74, 6) is 1.57. The zero-order valence-electron chi connectivity index (χ0n) is 15.6. The Morgan fingerprint density at radius 3 is 2.43 bits per heavy atom. The number of aromatic amines is 1. The number of anilines is 1. The SMILES string of the molecule is COc1ccc(C(=O)Nc2ccc(CCc3nc4ccccc4[nH]3)cc2)cc1. The van der Waals surface area contributed by atoms with Gasteiger partial charge in [-0.15, -0.1) is 0 Å². The van der Waals surface area contributed by atoms with Gasteiger partial charge in [-0.25, -0.2) is 4.98 Å². The van der Waals surface area contributed by atoms with Gasteiger partial charge in [0.1, 0.15) is 11.6 Å². The zero-order chi connectivity index (χ0) is 19.3.